The van der Waals surface area contributed by atoms with Crippen molar-refractivity contribution in [1.82, 2.24) is 0 Å². The molecule has 0 aromatic carbocycles. The van der Waals surface area contributed by atoms with E-state index in [0.717, 1.165) is 16.4 Å². The van der Waals surface area contributed by atoms with Crippen LogP contribution in [0.25, 0.3) is 10.6 Å². The van der Waals surface area contributed by atoms with Gasteiger partial charge >= 0.3 is 0 Å². The molecule has 0 spiro atoms. The summed E-state index contributed by atoms with van der Waals surface area (Å²) in [5.74, 6) is 1.74. The topological polar surface area (TPSA) is 39.2 Å². The molecule has 2 aromatic heterocycles. The van der Waals surface area contributed by atoms with Gasteiger partial charge in [-0.2, -0.15) is 0 Å². The monoisotopic (exact) mass is 179 g/mol. The molecule has 62 valence electrons. The van der Waals surface area contributed by atoms with E-state index in [1.165, 1.54) is 0 Å². The molecule has 2 rings (SSSR count). The average Bonchev–Trinajstić information content (AvgIpc) is 2.75. The third kappa shape index (κ3) is 1.29. The summed E-state index contributed by atoms with van der Waals surface area (Å²) in [7, 11) is 0. The smallest absolute Gasteiger partial charge is 0.144 e. The third-order valence-corrected chi connectivity index (χ3v) is 2.51. The Balaban J connectivity index is 2.35. The van der Waals surface area contributed by atoms with Crippen LogP contribution in [0, 0.1) is 0 Å². The molecule has 0 atom stereocenters. The summed E-state index contributed by atoms with van der Waals surface area (Å²) in [6.45, 7) is 0.464. The molecular weight excluding hydrogens is 170 g/mol. The van der Waals surface area contributed by atoms with Gasteiger partial charge in [-0.3, -0.25) is 0 Å². The number of rotatable bonds is 2. The average molecular weight is 179 g/mol. The number of hydrogen-bond donors (Lipinski definition) is 1. The zero-order valence-electron chi connectivity index (χ0n) is 6.49. The van der Waals surface area contributed by atoms with Gasteiger partial charge in [0, 0.05) is 0 Å². The first-order valence-corrected chi connectivity index (χ1v) is 4.61. The normalized spacial score (nSPS) is 10.4. The second kappa shape index (κ2) is 3.13. The molecule has 0 saturated carbocycles. The summed E-state index contributed by atoms with van der Waals surface area (Å²) >= 11 is 1.67. The van der Waals surface area contributed by atoms with E-state index in [1.54, 1.807) is 11.3 Å². The van der Waals surface area contributed by atoms with E-state index in [2.05, 4.69) is 0 Å². The molecular formula is C9H9NOS. The van der Waals surface area contributed by atoms with E-state index in [0.29, 0.717) is 6.54 Å². The van der Waals surface area contributed by atoms with E-state index >= 15 is 0 Å². The molecule has 0 aliphatic rings. The van der Waals surface area contributed by atoms with Crippen LogP contribution in [0.4, 0.5) is 0 Å². The highest BCUT2D eigenvalue weighted by atomic mass is 32.1. The van der Waals surface area contributed by atoms with Gasteiger partial charge in [-0.25, -0.2) is 0 Å². The first-order chi connectivity index (χ1) is 5.90. The van der Waals surface area contributed by atoms with E-state index in [4.69, 9.17) is 10.2 Å². The minimum absolute atomic E-state index is 0.464. The molecule has 0 aliphatic carbocycles. The van der Waals surface area contributed by atoms with Gasteiger partial charge in [-0.15, -0.1) is 11.3 Å². The molecule has 3 heteroatoms. The molecule has 0 saturated heterocycles. The van der Waals surface area contributed by atoms with Crippen LogP contribution in [0.15, 0.2) is 34.1 Å². The summed E-state index contributed by atoms with van der Waals surface area (Å²) in [6, 6.07) is 7.90. The van der Waals surface area contributed by atoms with E-state index in [-0.39, 0.29) is 0 Å². The summed E-state index contributed by atoms with van der Waals surface area (Å²) < 4.78 is 5.46. The Morgan fingerprint density at radius 1 is 1.33 bits per heavy atom. The predicted molar refractivity (Wildman–Crippen MR) is 49.9 cm³/mol. The fourth-order valence-corrected chi connectivity index (χ4v) is 1.73. The molecule has 2 heterocycles. The van der Waals surface area contributed by atoms with Crippen molar-refractivity contribution in [2.75, 3.05) is 0 Å². The Morgan fingerprint density at radius 3 is 2.83 bits per heavy atom. The molecule has 0 unspecified atom stereocenters. The second-order valence-electron chi connectivity index (χ2n) is 2.45. The van der Waals surface area contributed by atoms with Crippen LogP contribution in [0.3, 0.4) is 0 Å². The third-order valence-electron chi connectivity index (χ3n) is 1.63. The van der Waals surface area contributed by atoms with E-state index < -0.39 is 0 Å². The quantitative estimate of drug-likeness (QED) is 0.769. The molecule has 2 nitrogen and oxygen atoms in total. The van der Waals surface area contributed by atoms with Crippen molar-refractivity contribution >= 4 is 11.3 Å². The minimum Gasteiger partial charge on any atom is -0.459 e. The van der Waals surface area contributed by atoms with Gasteiger partial charge in [0.25, 0.3) is 0 Å². The molecule has 0 aliphatic heterocycles. The zero-order chi connectivity index (χ0) is 8.39. The van der Waals surface area contributed by atoms with Gasteiger partial charge in [0.05, 0.1) is 11.4 Å². The first kappa shape index (κ1) is 7.58. The van der Waals surface area contributed by atoms with Gasteiger partial charge in [0.1, 0.15) is 11.5 Å². The lowest BCUT2D eigenvalue weighted by Crippen LogP contribution is -1.92. The molecule has 2 N–H and O–H groups in total. The van der Waals surface area contributed by atoms with E-state index in [1.807, 2.05) is 29.6 Å². The Bertz CT molecular complexity index is 350. The van der Waals surface area contributed by atoms with Crippen molar-refractivity contribution in [3.05, 3.63) is 35.4 Å². The standard InChI is InChI=1S/C9H9NOS/c10-6-7-3-4-8(11-7)9-2-1-5-12-9/h1-5H,6,10H2. The summed E-state index contributed by atoms with van der Waals surface area (Å²) in [5.41, 5.74) is 5.43. The summed E-state index contributed by atoms with van der Waals surface area (Å²) in [5, 5.41) is 2.03. The molecule has 0 radical (unpaired) electrons. The Kier molecular flexibility index (Phi) is 1.98. The van der Waals surface area contributed by atoms with Crippen molar-refractivity contribution in [2.45, 2.75) is 6.54 Å². The van der Waals surface area contributed by atoms with Crippen molar-refractivity contribution in [3.8, 4) is 10.6 Å². The molecule has 2 aromatic rings. The van der Waals surface area contributed by atoms with Crippen LogP contribution in [0.2, 0.25) is 0 Å². The maximum atomic E-state index is 5.46. The highest BCUT2D eigenvalue weighted by molar-refractivity contribution is 7.13. The maximum absolute atomic E-state index is 5.46. The van der Waals surface area contributed by atoms with Gasteiger partial charge in [-0.05, 0) is 23.6 Å². The molecule has 0 bridgehead atoms. The van der Waals surface area contributed by atoms with Gasteiger partial charge in [-0.1, -0.05) is 6.07 Å². The van der Waals surface area contributed by atoms with Gasteiger partial charge in [0.15, 0.2) is 0 Å². The highest BCUT2D eigenvalue weighted by Gasteiger charge is 2.03. The molecule has 0 fully saturated rings. The maximum Gasteiger partial charge on any atom is 0.144 e. The lowest BCUT2D eigenvalue weighted by Gasteiger charge is -1.89. The zero-order valence-corrected chi connectivity index (χ0v) is 7.30. The molecule has 0 amide bonds. The largest absolute Gasteiger partial charge is 0.459 e. The van der Waals surface area contributed by atoms with Crippen LogP contribution in [-0.2, 0) is 6.54 Å². The van der Waals surface area contributed by atoms with Crippen LogP contribution < -0.4 is 5.73 Å². The van der Waals surface area contributed by atoms with Crippen LogP contribution >= 0.6 is 11.3 Å². The Morgan fingerprint density at radius 2 is 2.25 bits per heavy atom. The lowest BCUT2D eigenvalue weighted by molar-refractivity contribution is 0.526. The van der Waals surface area contributed by atoms with Gasteiger partial charge in [0.2, 0.25) is 0 Å². The lowest BCUT2D eigenvalue weighted by atomic mass is 10.3. The fourth-order valence-electron chi connectivity index (χ4n) is 1.04. The summed E-state index contributed by atoms with van der Waals surface area (Å²) in [6.07, 6.45) is 0. The second-order valence-corrected chi connectivity index (χ2v) is 3.40. The number of furan rings is 1. The number of nitrogens with two attached hydrogens (primary N) is 1. The Labute approximate surface area is 74.6 Å². The first-order valence-electron chi connectivity index (χ1n) is 3.73. The Hall–Kier alpha value is -1.06. The van der Waals surface area contributed by atoms with Crippen molar-refractivity contribution in [2.24, 2.45) is 5.73 Å². The minimum atomic E-state index is 0.464. The predicted octanol–water partition coefficient (Wildman–Crippen LogP) is 2.47. The number of thiophene rings is 1. The molecule has 12 heavy (non-hydrogen) atoms. The van der Waals surface area contributed by atoms with Gasteiger partial charge < -0.3 is 10.2 Å². The highest BCUT2D eigenvalue weighted by Crippen LogP contribution is 2.26. The number of hydrogen-bond acceptors (Lipinski definition) is 3. The fraction of sp³-hybridized carbons (Fsp3) is 0.111. The van der Waals surface area contributed by atoms with Crippen LogP contribution in [0.5, 0.6) is 0 Å². The van der Waals surface area contributed by atoms with Crippen molar-refractivity contribution in [1.29, 1.82) is 0 Å². The van der Waals surface area contributed by atoms with Crippen molar-refractivity contribution < 1.29 is 4.42 Å². The van der Waals surface area contributed by atoms with Crippen molar-refractivity contribution in [3.63, 3.8) is 0 Å². The van der Waals surface area contributed by atoms with Crippen LogP contribution in [-0.4, -0.2) is 0 Å². The summed E-state index contributed by atoms with van der Waals surface area (Å²) in [4.78, 5) is 1.15. The van der Waals surface area contributed by atoms with E-state index in [9.17, 15) is 0 Å². The van der Waals surface area contributed by atoms with Crippen LogP contribution in [0.1, 0.15) is 5.76 Å². The SMILES string of the molecule is NCc1ccc(-c2cccs2)o1.